The fourth-order valence-electron chi connectivity index (χ4n) is 0.757. The molecule has 1 heterocycles. The van der Waals surface area contributed by atoms with Crippen LogP contribution in [0.5, 0.6) is 0 Å². The first kappa shape index (κ1) is 11.2. The van der Waals surface area contributed by atoms with Gasteiger partial charge < -0.3 is 0 Å². The van der Waals surface area contributed by atoms with E-state index >= 15 is 0 Å². The Bertz CT molecular complexity index is 335. The van der Waals surface area contributed by atoms with Crippen LogP contribution < -0.4 is 0 Å². The Kier molecular flexibility index (Phi) is 2.94. The highest BCUT2D eigenvalue weighted by Gasteiger charge is 2.33. The van der Waals surface area contributed by atoms with Crippen LogP contribution in [0.15, 0.2) is 12.3 Å². The Morgan fingerprint density at radius 2 is 1.86 bits per heavy atom. The summed E-state index contributed by atoms with van der Waals surface area (Å²) in [6.07, 6.45) is -7.18. The number of nitrogens with zero attached hydrogens (tertiary/aromatic N) is 1. The van der Waals surface area contributed by atoms with Crippen molar-refractivity contribution in [1.29, 1.82) is 0 Å². The zero-order valence-corrected chi connectivity index (χ0v) is 7.20. The maximum absolute atomic E-state index is 12.1. The molecule has 0 amide bonds. The third-order valence-electron chi connectivity index (χ3n) is 1.41. The maximum Gasteiger partial charge on any atom is 0.433 e. The molecule has 1 aromatic rings. The van der Waals surface area contributed by atoms with E-state index in [1.165, 1.54) is 0 Å². The predicted octanol–water partition coefficient (Wildman–Crippen LogP) is 3.69. The van der Waals surface area contributed by atoms with E-state index in [9.17, 15) is 22.0 Å². The molecule has 0 aromatic carbocycles. The Morgan fingerprint density at radius 3 is 2.21 bits per heavy atom. The molecule has 0 radical (unpaired) electrons. The van der Waals surface area contributed by atoms with E-state index in [-0.39, 0.29) is 0 Å². The summed E-state index contributed by atoms with van der Waals surface area (Å²) in [5.74, 6) is 0. The average Bonchev–Trinajstić information content (AvgIpc) is 2.01. The van der Waals surface area contributed by atoms with Gasteiger partial charge in [-0.1, -0.05) is 11.6 Å². The lowest BCUT2D eigenvalue weighted by molar-refractivity contribution is -0.141. The predicted molar refractivity (Wildman–Crippen MR) is 39.2 cm³/mol. The smallest absolute Gasteiger partial charge is 0.251 e. The van der Waals surface area contributed by atoms with Crippen molar-refractivity contribution in [2.75, 3.05) is 0 Å². The lowest BCUT2D eigenvalue weighted by Crippen LogP contribution is -2.08. The van der Waals surface area contributed by atoms with E-state index in [0.717, 1.165) is 0 Å². The molecule has 0 atom stereocenters. The summed E-state index contributed by atoms with van der Waals surface area (Å²) >= 11 is 5.21. The summed E-state index contributed by atoms with van der Waals surface area (Å²) in [6.45, 7) is 0. The third-order valence-corrected chi connectivity index (χ3v) is 1.73. The first-order valence-electron chi connectivity index (χ1n) is 3.33. The molecule has 78 valence electrons. The maximum atomic E-state index is 12.1. The Labute approximate surface area is 80.5 Å². The van der Waals surface area contributed by atoms with Crippen LogP contribution in [0.2, 0.25) is 5.02 Å². The van der Waals surface area contributed by atoms with E-state index in [1.807, 2.05) is 0 Å². The standard InChI is InChI=1S/C7H3ClF5N/c8-4-1-5(7(11,12)13)14-2-3(4)6(9)10/h1-2,6H. The van der Waals surface area contributed by atoms with Gasteiger partial charge >= 0.3 is 6.18 Å². The molecule has 1 rings (SSSR count). The highest BCUT2D eigenvalue weighted by Crippen LogP contribution is 2.32. The largest absolute Gasteiger partial charge is 0.433 e. The van der Waals surface area contributed by atoms with Crippen molar-refractivity contribution in [2.24, 2.45) is 0 Å². The molecule has 0 N–H and O–H groups in total. The summed E-state index contributed by atoms with van der Waals surface area (Å²) in [7, 11) is 0. The summed E-state index contributed by atoms with van der Waals surface area (Å²) in [4.78, 5) is 2.84. The quantitative estimate of drug-likeness (QED) is 0.672. The van der Waals surface area contributed by atoms with Crippen LogP contribution in [0.3, 0.4) is 0 Å². The van der Waals surface area contributed by atoms with Gasteiger partial charge in [-0.05, 0) is 6.07 Å². The minimum Gasteiger partial charge on any atom is -0.251 e. The van der Waals surface area contributed by atoms with Crippen LogP contribution in [-0.2, 0) is 6.18 Å². The monoisotopic (exact) mass is 231 g/mol. The van der Waals surface area contributed by atoms with Crippen LogP contribution in [0.4, 0.5) is 22.0 Å². The first-order chi connectivity index (χ1) is 6.32. The van der Waals surface area contributed by atoms with Gasteiger partial charge in [-0.2, -0.15) is 13.2 Å². The average molecular weight is 232 g/mol. The van der Waals surface area contributed by atoms with E-state index in [2.05, 4.69) is 4.98 Å². The van der Waals surface area contributed by atoms with Gasteiger partial charge in [0.15, 0.2) is 0 Å². The minimum atomic E-state index is -4.68. The van der Waals surface area contributed by atoms with Crippen LogP contribution in [0, 0.1) is 0 Å². The summed E-state index contributed by atoms with van der Waals surface area (Å²) in [5.41, 5.74) is -1.99. The minimum absolute atomic E-state index is 0.378. The zero-order valence-electron chi connectivity index (χ0n) is 6.45. The molecular formula is C7H3ClF5N. The number of hydrogen-bond acceptors (Lipinski definition) is 1. The molecule has 1 nitrogen and oxygen atoms in total. The second-order valence-electron chi connectivity index (χ2n) is 2.39. The molecule has 1 aromatic heterocycles. The highest BCUT2D eigenvalue weighted by atomic mass is 35.5. The summed E-state index contributed by atoms with van der Waals surface area (Å²) in [5, 5.41) is -0.637. The fraction of sp³-hybridized carbons (Fsp3) is 0.286. The van der Waals surface area contributed by atoms with Crippen molar-refractivity contribution >= 4 is 11.6 Å². The van der Waals surface area contributed by atoms with Crippen LogP contribution in [-0.4, -0.2) is 4.98 Å². The van der Waals surface area contributed by atoms with Crippen molar-refractivity contribution in [3.8, 4) is 0 Å². The van der Waals surface area contributed by atoms with Gasteiger partial charge in [0.2, 0.25) is 0 Å². The Morgan fingerprint density at radius 1 is 1.29 bits per heavy atom. The molecule has 0 aliphatic rings. The van der Waals surface area contributed by atoms with Crippen LogP contribution >= 0.6 is 11.6 Å². The fourth-order valence-corrected chi connectivity index (χ4v) is 0.992. The van der Waals surface area contributed by atoms with Gasteiger partial charge in [0.05, 0.1) is 10.6 Å². The number of rotatable bonds is 1. The summed E-state index contributed by atoms with van der Waals surface area (Å²) in [6, 6.07) is 0.378. The van der Waals surface area contributed by atoms with Crippen molar-refractivity contribution in [1.82, 2.24) is 4.98 Å². The topological polar surface area (TPSA) is 12.9 Å². The van der Waals surface area contributed by atoms with E-state index in [4.69, 9.17) is 11.6 Å². The number of aromatic nitrogens is 1. The molecule has 0 fully saturated rings. The molecule has 0 saturated carbocycles. The lowest BCUT2D eigenvalue weighted by Gasteiger charge is -2.07. The molecule has 0 bridgehead atoms. The highest BCUT2D eigenvalue weighted by molar-refractivity contribution is 6.31. The zero-order chi connectivity index (χ0) is 10.9. The second kappa shape index (κ2) is 3.68. The lowest BCUT2D eigenvalue weighted by atomic mass is 10.2. The molecule has 0 saturated heterocycles. The second-order valence-corrected chi connectivity index (χ2v) is 2.80. The van der Waals surface area contributed by atoms with Crippen molar-refractivity contribution in [3.05, 3.63) is 28.5 Å². The molecular weight excluding hydrogens is 229 g/mol. The summed E-state index contributed by atoms with van der Waals surface area (Å²) < 4.78 is 60.1. The molecule has 0 aliphatic heterocycles. The van der Waals surface area contributed by atoms with Gasteiger partial charge in [0, 0.05) is 6.20 Å². The number of pyridine rings is 1. The molecule has 0 spiro atoms. The van der Waals surface area contributed by atoms with Crippen molar-refractivity contribution < 1.29 is 22.0 Å². The molecule has 7 heteroatoms. The molecule has 0 unspecified atom stereocenters. The molecule has 0 aliphatic carbocycles. The number of halogens is 6. The van der Waals surface area contributed by atoms with Crippen LogP contribution in [0.1, 0.15) is 17.7 Å². The van der Waals surface area contributed by atoms with Gasteiger partial charge in [-0.3, -0.25) is 4.98 Å². The number of alkyl halides is 5. The van der Waals surface area contributed by atoms with Gasteiger partial charge in [0.1, 0.15) is 5.69 Å². The van der Waals surface area contributed by atoms with E-state index in [1.54, 1.807) is 0 Å². The SMILES string of the molecule is FC(F)c1cnc(C(F)(F)F)cc1Cl. The first-order valence-corrected chi connectivity index (χ1v) is 3.71. The van der Waals surface area contributed by atoms with Crippen molar-refractivity contribution in [3.63, 3.8) is 0 Å². The van der Waals surface area contributed by atoms with E-state index in [0.29, 0.717) is 12.3 Å². The van der Waals surface area contributed by atoms with Gasteiger partial charge in [-0.25, -0.2) is 8.78 Å². The van der Waals surface area contributed by atoms with Gasteiger partial charge in [-0.15, -0.1) is 0 Å². The normalized spacial score (nSPS) is 12.2. The van der Waals surface area contributed by atoms with Crippen LogP contribution in [0.25, 0.3) is 0 Å². The van der Waals surface area contributed by atoms with Crippen molar-refractivity contribution in [2.45, 2.75) is 12.6 Å². The number of hydrogen-bond donors (Lipinski definition) is 0. The molecule has 14 heavy (non-hydrogen) atoms. The Hall–Kier alpha value is -0.910. The Balaban J connectivity index is 3.13. The van der Waals surface area contributed by atoms with Gasteiger partial charge in [0.25, 0.3) is 6.43 Å². The third kappa shape index (κ3) is 2.31. The van der Waals surface area contributed by atoms with E-state index < -0.39 is 28.9 Å².